The van der Waals surface area contributed by atoms with Crippen LogP contribution in [0, 0.1) is 6.92 Å². The lowest BCUT2D eigenvalue weighted by atomic mass is 10.1. The van der Waals surface area contributed by atoms with Crippen molar-refractivity contribution >= 4 is 11.8 Å². The summed E-state index contributed by atoms with van der Waals surface area (Å²) in [6, 6.07) is 15.3. The number of carbonyl (C=O) groups is 2. The van der Waals surface area contributed by atoms with E-state index in [2.05, 4.69) is 5.32 Å². The second-order valence-corrected chi connectivity index (χ2v) is 9.05. The molecule has 0 aliphatic heterocycles. The average molecular weight is 467 g/mol. The third kappa shape index (κ3) is 7.51. The van der Waals surface area contributed by atoms with E-state index in [-0.39, 0.29) is 17.9 Å². The van der Waals surface area contributed by atoms with Crippen molar-refractivity contribution in [3.8, 4) is 11.5 Å². The van der Waals surface area contributed by atoms with Crippen LogP contribution in [0.2, 0.25) is 0 Å². The van der Waals surface area contributed by atoms with Gasteiger partial charge in [-0.2, -0.15) is 0 Å². The zero-order chi connectivity index (χ0) is 24.3. The van der Waals surface area contributed by atoms with Crippen LogP contribution in [0.4, 0.5) is 0 Å². The molecular weight excluding hydrogens is 428 g/mol. The van der Waals surface area contributed by atoms with Crippen molar-refractivity contribution in [1.29, 1.82) is 0 Å². The second kappa shape index (κ2) is 13.0. The molecule has 6 nitrogen and oxygen atoms in total. The maximum atomic E-state index is 13.3. The number of ether oxygens (including phenoxy) is 2. The van der Waals surface area contributed by atoms with Gasteiger partial charge in [0.05, 0.1) is 13.7 Å². The van der Waals surface area contributed by atoms with E-state index in [1.807, 2.05) is 62.4 Å². The van der Waals surface area contributed by atoms with E-state index in [1.165, 1.54) is 5.56 Å². The Balaban J connectivity index is 1.64. The molecular formula is C28H38N2O4. The highest BCUT2D eigenvalue weighted by Gasteiger charge is 2.30. The van der Waals surface area contributed by atoms with E-state index in [0.29, 0.717) is 32.4 Å². The van der Waals surface area contributed by atoms with Gasteiger partial charge in [0.15, 0.2) is 0 Å². The third-order valence-electron chi connectivity index (χ3n) is 6.42. The van der Waals surface area contributed by atoms with Crippen LogP contribution in [0.5, 0.6) is 11.5 Å². The molecule has 1 atom stereocenters. The summed E-state index contributed by atoms with van der Waals surface area (Å²) in [5, 5.41) is 3.19. The Morgan fingerprint density at radius 1 is 1.03 bits per heavy atom. The number of hydrogen-bond donors (Lipinski definition) is 1. The number of nitrogens with one attached hydrogen (secondary N) is 1. The number of methoxy groups -OCH3 is 1. The van der Waals surface area contributed by atoms with Crippen LogP contribution in [-0.2, 0) is 16.1 Å². The molecule has 0 bridgehead atoms. The molecule has 1 fully saturated rings. The van der Waals surface area contributed by atoms with Crippen molar-refractivity contribution < 1.29 is 19.1 Å². The summed E-state index contributed by atoms with van der Waals surface area (Å²) >= 11 is 0. The standard InChI is InChI=1S/C28H38N2O4/c1-4-26(28(32)29-23-8-5-6-9-23)30(20-22-13-17-24(33-3)18-14-22)27(31)10-7-19-34-25-15-11-21(2)12-16-25/h11-18,23,26H,4-10,19-20H2,1-3H3,(H,29,32)/t26-/m0/s1. The largest absolute Gasteiger partial charge is 0.497 e. The molecule has 0 radical (unpaired) electrons. The van der Waals surface area contributed by atoms with Crippen molar-refractivity contribution in [2.45, 2.75) is 77.4 Å². The molecule has 184 valence electrons. The molecule has 2 aromatic carbocycles. The molecule has 0 spiro atoms. The van der Waals surface area contributed by atoms with Crippen molar-refractivity contribution in [1.82, 2.24) is 10.2 Å². The van der Waals surface area contributed by atoms with Gasteiger partial charge in [0, 0.05) is 19.0 Å². The molecule has 1 aliphatic rings. The Hall–Kier alpha value is -3.02. The highest BCUT2D eigenvalue weighted by Crippen LogP contribution is 2.21. The molecule has 6 heteroatoms. The van der Waals surface area contributed by atoms with E-state index in [0.717, 1.165) is 42.7 Å². The predicted octanol–water partition coefficient (Wildman–Crippen LogP) is 5.03. The van der Waals surface area contributed by atoms with Crippen LogP contribution < -0.4 is 14.8 Å². The van der Waals surface area contributed by atoms with Crippen LogP contribution in [0.1, 0.15) is 63.0 Å². The fourth-order valence-electron chi connectivity index (χ4n) is 4.41. The minimum Gasteiger partial charge on any atom is -0.497 e. The van der Waals surface area contributed by atoms with Gasteiger partial charge in [0.25, 0.3) is 0 Å². The summed E-state index contributed by atoms with van der Waals surface area (Å²) in [6.45, 7) is 4.84. The molecule has 1 aliphatic carbocycles. The highest BCUT2D eigenvalue weighted by atomic mass is 16.5. The summed E-state index contributed by atoms with van der Waals surface area (Å²) in [6.07, 6.45) is 5.83. The number of nitrogens with zero attached hydrogens (tertiary/aromatic N) is 1. The van der Waals surface area contributed by atoms with E-state index < -0.39 is 6.04 Å². The summed E-state index contributed by atoms with van der Waals surface area (Å²) in [5.41, 5.74) is 2.15. The van der Waals surface area contributed by atoms with E-state index in [1.54, 1.807) is 12.0 Å². The lowest BCUT2D eigenvalue weighted by molar-refractivity contribution is -0.141. The number of hydrogen-bond acceptors (Lipinski definition) is 4. The molecule has 1 N–H and O–H groups in total. The second-order valence-electron chi connectivity index (χ2n) is 9.05. The van der Waals surface area contributed by atoms with Crippen LogP contribution >= 0.6 is 0 Å². The van der Waals surface area contributed by atoms with Crippen LogP contribution in [-0.4, -0.2) is 42.5 Å². The zero-order valence-electron chi connectivity index (χ0n) is 20.7. The number of rotatable bonds is 12. The smallest absolute Gasteiger partial charge is 0.243 e. The van der Waals surface area contributed by atoms with Gasteiger partial charge in [-0.3, -0.25) is 9.59 Å². The first-order valence-corrected chi connectivity index (χ1v) is 12.4. The van der Waals surface area contributed by atoms with Gasteiger partial charge in [-0.25, -0.2) is 0 Å². The Morgan fingerprint density at radius 3 is 2.29 bits per heavy atom. The molecule has 3 rings (SSSR count). The van der Waals surface area contributed by atoms with E-state index >= 15 is 0 Å². The predicted molar refractivity (Wildman–Crippen MR) is 134 cm³/mol. The SMILES string of the molecule is CC[C@@H](C(=O)NC1CCCC1)N(Cc1ccc(OC)cc1)C(=O)CCCOc1ccc(C)cc1. The minimum atomic E-state index is -0.492. The monoisotopic (exact) mass is 466 g/mol. The first-order chi connectivity index (χ1) is 16.5. The first kappa shape index (κ1) is 25.6. The molecule has 0 heterocycles. The topological polar surface area (TPSA) is 67.9 Å². The van der Waals surface area contributed by atoms with Crippen LogP contribution in [0.15, 0.2) is 48.5 Å². The minimum absolute atomic E-state index is 0.0308. The van der Waals surface area contributed by atoms with Crippen molar-refractivity contribution in [2.75, 3.05) is 13.7 Å². The van der Waals surface area contributed by atoms with E-state index in [9.17, 15) is 9.59 Å². The number of carbonyl (C=O) groups excluding carboxylic acids is 2. The fraction of sp³-hybridized carbons (Fsp3) is 0.500. The van der Waals surface area contributed by atoms with Crippen LogP contribution in [0.3, 0.4) is 0 Å². The zero-order valence-corrected chi connectivity index (χ0v) is 20.7. The summed E-state index contributed by atoms with van der Waals surface area (Å²) in [5.74, 6) is 1.49. The van der Waals surface area contributed by atoms with Gasteiger partial charge in [-0.15, -0.1) is 0 Å². The lowest BCUT2D eigenvalue weighted by Crippen LogP contribution is -2.50. The quantitative estimate of drug-likeness (QED) is 0.446. The Kier molecular flexibility index (Phi) is 9.80. The molecule has 0 aromatic heterocycles. The Labute approximate surface area is 203 Å². The average Bonchev–Trinajstić information content (AvgIpc) is 3.36. The highest BCUT2D eigenvalue weighted by molar-refractivity contribution is 5.87. The van der Waals surface area contributed by atoms with Crippen molar-refractivity contribution in [2.24, 2.45) is 0 Å². The Morgan fingerprint density at radius 2 is 1.68 bits per heavy atom. The Bertz CT molecular complexity index is 905. The van der Waals surface area contributed by atoms with E-state index in [4.69, 9.17) is 9.47 Å². The van der Waals surface area contributed by atoms with Gasteiger partial charge >= 0.3 is 0 Å². The maximum absolute atomic E-state index is 13.3. The number of aryl methyl sites for hydroxylation is 1. The molecule has 34 heavy (non-hydrogen) atoms. The first-order valence-electron chi connectivity index (χ1n) is 12.4. The summed E-state index contributed by atoms with van der Waals surface area (Å²) in [4.78, 5) is 28.2. The lowest BCUT2D eigenvalue weighted by Gasteiger charge is -2.31. The van der Waals surface area contributed by atoms with Gasteiger partial charge in [0.2, 0.25) is 11.8 Å². The molecule has 2 aromatic rings. The molecule has 0 saturated heterocycles. The molecule has 0 unspecified atom stereocenters. The van der Waals surface area contributed by atoms with Crippen molar-refractivity contribution in [3.63, 3.8) is 0 Å². The third-order valence-corrected chi connectivity index (χ3v) is 6.42. The van der Waals surface area contributed by atoms with Gasteiger partial charge < -0.3 is 19.7 Å². The van der Waals surface area contributed by atoms with Crippen molar-refractivity contribution in [3.05, 3.63) is 59.7 Å². The summed E-state index contributed by atoms with van der Waals surface area (Å²) in [7, 11) is 1.63. The normalized spacial score (nSPS) is 14.4. The summed E-state index contributed by atoms with van der Waals surface area (Å²) < 4.78 is 11.0. The number of amides is 2. The fourth-order valence-corrected chi connectivity index (χ4v) is 4.41. The van der Waals surface area contributed by atoms with Gasteiger partial charge in [-0.1, -0.05) is 49.6 Å². The molecule has 1 saturated carbocycles. The van der Waals surface area contributed by atoms with Gasteiger partial charge in [-0.05, 0) is 62.4 Å². The van der Waals surface area contributed by atoms with Crippen LogP contribution in [0.25, 0.3) is 0 Å². The maximum Gasteiger partial charge on any atom is 0.243 e. The van der Waals surface area contributed by atoms with Gasteiger partial charge in [0.1, 0.15) is 17.5 Å². The molecule has 2 amide bonds. The number of benzene rings is 2.